The summed E-state index contributed by atoms with van der Waals surface area (Å²) in [6.07, 6.45) is 22.6. The first kappa shape index (κ1) is 117. The van der Waals surface area contributed by atoms with Gasteiger partial charge >= 0.3 is 47.7 Å². The van der Waals surface area contributed by atoms with Crippen LogP contribution in [0.1, 0.15) is 265 Å². The van der Waals surface area contributed by atoms with Crippen LogP contribution in [0.2, 0.25) is 0 Å². The number of aliphatic hydroxyl groups is 9. The number of fused-ring (bicyclic) bond motifs is 2. The normalized spacial score (nSPS) is 42.8. The molecule has 6 heterocycles. The largest absolute Gasteiger partial charge is 0.457 e. The molecule has 28 aliphatic rings. The molecule has 41 heteroatoms. The minimum absolute atomic E-state index is 0.00704. The lowest BCUT2D eigenvalue weighted by atomic mass is 9.43. The van der Waals surface area contributed by atoms with Gasteiger partial charge in [-0.2, -0.15) is 17.6 Å². The van der Waals surface area contributed by atoms with Crippen LogP contribution >= 0.6 is 118 Å². The van der Waals surface area contributed by atoms with Crippen molar-refractivity contribution in [3.63, 3.8) is 0 Å². The lowest BCUT2D eigenvalue weighted by molar-refractivity contribution is -0.441. The molecule has 0 aromatic carbocycles. The molecule has 23 nitrogen and oxygen atoms in total. The van der Waals surface area contributed by atoms with Crippen molar-refractivity contribution in [3.8, 4) is 0 Å². The molecular weight excluding hydrogens is 2110 g/mol. The van der Waals surface area contributed by atoms with E-state index in [0.717, 1.165) is 156 Å². The van der Waals surface area contributed by atoms with E-state index in [2.05, 4.69) is 27.7 Å². The lowest BCUT2D eigenvalue weighted by Gasteiger charge is -2.70. The Morgan fingerprint density at radius 2 is 0.551 bits per heavy atom. The summed E-state index contributed by atoms with van der Waals surface area (Å²) in [6.45, 7) is 23.2. The van der Waals surface area contributed by atoms with Gasteiger partial charge < -0.3 is 83.9 Å². The summed E-state index contributed by atoms with van der Waals surface area (Å²) in [5, 5.41) is 87.3. The smallest absolute Gasteiger partial charge is 0.377 e. The van der Waals surface area contributed by atoms with Gasteiger partial charge in [-0.05, 0) is 323 Å². The van der Waals surface area contributed by atoms with Gasteiger partial charge in [-0.1, -0.05) is 27.7 Å². The molecule has 838 valence electrons. The zero-order chi connectivity index (χ0) is 107. The number of aliphatic hydroxyl groups excluding tert-OH is 9. The molecule has 0 radical (unpaired) electrons. The summed E-state index contributed by atoms with van der Waals surface area (Å²) in [5.41, 5.74) is -13.6. The van der Waals surface area contributed by atoms with Crippen LogP contribution in [-0.2, 0) is 66.7 Å². The second-order valence-electron chi connectivity index (χ2n) is 52.7. The number of esters is 6. The number of carbonyl (C=O) groups excluding carboxylic acids is 6. The predicted octanol–water partition coefficient (Wildman–Crippen LogP) is 18.1. The predicted molar refractivity (Wildman–Crippen MR) is 561 cm³/mol. The van der Waals surface area contributed by atoms with Crippen LogP contribution in [0.25, 0.3) is 0 Å². The number of hydrogen-bond acceptors (Lipinski definition) is 33. The van der Waals surface area contributed by atoms with Crippen LogP contribution in [0.15, 0.2) is 0 Å². The van der Waals surface area contributed by atoms with Crippen LogP contribution in [-0.4, -0.2) is 305 Å². The van der Waals surface area contributed by atoms with Crippen molar-refractivity contribution >= 4 is 153 Å². The Bertz CT molecular complexity index is 4530. The van der Waals surface area contributed by atoms with Crippen molar-refractivity contribution in [1.82, 2.24) is 0 Å². The highest BCUT2D eigenvalue weighted by molar-refractivity contribution is 8.23. The number of ether oxygens (including phenoxy) is 8. The van der Waals surface area contributed by atoms with Crippen LogP contribution in [0.3, 0.4) is 0 Å². The molecule has 28 rings (SSSR count). The molecule has 28 fully saturated rings. The van der Waals surface area contributed by atoms with Crippen LogP contribution in [0.5, 0.6) is 0 Å². The standard InChI is InChI=1S/2C19H29FO4S2.C18H28F2O6.2C17H25FO3S2.C16H24F2O3S2/c2*1-16(2,20)15(23)24-18-5-12-3-13(6-18)19(14(4-12)7-18)25-10-17(8-21,9-22)11-26-19;1-14(2)11-5-12(14)18(24-9-17(7-21,8-22)10-25-18)15(3,6-11)26-13(23)16(4,19)20;2*1-15(2,18)14(20)21-16-5-10-3-11(6-16)17(12(4-10)7-16)22-9-13(8-19)23-17;1-13(2)9-5-11(13)16(22-8-10(7-19)23-16)14(3,6-9)21-12(20)15(4,17)18/h2*12-14,21-22H,3-11H2,1-2H3;11-12,21-22H,5-10H2,1-4H3;2*10-13,19H,3-9H2,1-2H3;9-11,19H,5-8H2,1-4H3. The fourth-order valence-corrected chi connectivity index (χ4v) is 52.0. The topological polar surface area (TPSA) is 358 Å². The second kappa shape index (κ2) is 40.8. The van der Waals surface area contributed by atoms with E-state index in [1.54, 1.807) is 30.4 Å². The maximum Gasteiger partial charge on any atom is 0.377 e. The molecule has 18 unspecified atom stereocenters. The first-order valence-electron chi connectivity index (χ1n) is 53.4. The quantitative estimate of drug-likeness (QED) is 0.0293. The monoisotopic (exact) mass is 2270 g/mol. The zero-order valence-electron chi connectivity index (χ0n) is 88.0. The Kier molecular flexibility index (Phi) is 32.6. The molecule has 22 saturated carbocycles. The highest BCUT2D eigenvalue weighted by Gasteiger charge is 2.79. The van der Waals surface area contributed by atoms with Crippen LogP contribution < -0.4 is 0 Å². The zero-order valence-corrected chi connectivity index (χ0v) is 96.2. The van der Waals surface area contributed by atoms with E-state index in [0.29, 0.717) is 120 Å². The molecule has 0 aromatic heterocycles. The fourth-order valence-electron chi connectivity index (χ4n) is 31.2. The third-order valence-electron chi connectivity index (χ3n) is 39.0. The second-order valence-corrected chi connectivity index (χ2v) is 67.6. The van der Waals surface area contributed by atoms with E-state index in [1.165, 1.54) is 81.1 Å². The number of thioether (sulfide) groups is 10. The van der Waals surface area contributed by atoms with Gasteiger partial charge in [0.25, 0.3) is 0 Å². The first-order valence-corrected chi connectivity index (χ1v) is 62.9. The maximum absolute atomic E-state index is 14.0. The van der Waals surface area contributed by atoms with E-state index in [4.69, 9.17) is 37.9 Å². The Balaban J connectivity index is 0.000000121. The van der Waals surface area contributed by atoms with Crippen molar-refractivity contribution in [2.24, 2.45) is 122 Å². The van der Waals surface area contributed by atoms with E-state index < -0.39 is 130 Å². The van der Waals surface area contributed by atoms with Crippen LogP contribution in [0.4, 0.5) is 35.1 Å². The number of hydrogen-bond donors (Lipinski definition) is 9. The molecule has 20 bridgehead atoms. The minimum atomic E-state index is -3.62. The number of halogens is 8. The third-order valence-corrected chi connectivity index (χ3v) is 60.6. The van der Waals surface area contributed by atoms with E-state index in [1.807, 2.05) is 101 Å². The molecule has 6 spiro atoms. The summed E-state index contributed by atoms with van der Waals surface area (Å²) in [4.78, 5) is 72.5. The molecule has 6 aliphatic heterocycles. The van der Waals surface area contributed by atoms with Gasteiger partial charge in [-0.3, -0.25) is 0 Å². The average Bonchev–Trinajstić information content (AvgIpc) is 1.42. The van der Waals surface area contributed by atoms with Gasteiger partial charge in [0, 0.05) is 86.6 Å². The molecular formula is C106H160F8O23S10. The van der Waals surface area contributed by atoms with Crippen molar-refractivity contribution in [2.75, 3.05) is 113 Å². The van der Waals surface area contributed by atoms with E-state index in [-0.39, 0.29) is 117 Å². The Morgan fingerprint density at radius 3 is 0.803 bits per heavy atom. The molecule has 0 amide bonds. The average molecular weight is 2280 g/mol. The molecule has 6 saturated heterocycles. The molecule has 22 aliphatic carbocycles. The maximum atomic E-state index is 14.0. The number of alkyl halides is 8. The van der Waals surface area contributed by atoms with Crippen molar-refractivity contribution in [2.45, 2.75) is 375 Å². The SMILES string of the molecule is CC(C)(F)C(=O)OC12CC3CC(C1)C1(SCC(CO)(CO)CS1)C(C3)C2.CC(C)(F)C(=O)OC12CC3CC(C1)C1(SCC(CO)(CO)CS1)C(C3)C2.CC(C)(F)C(=O)OC12CC3CC(C1)C1(SCC(CO)S1)C(C3)C2.CC(C)(F)C(=O)OC12CC3CC(C1)C1(SCC(CO)S1)C(C3)C2.CC(F)(F)C(=O)OC1(C)CC2CC(C2(C)C)C12OCC(CO)(CO)CO2.CC(F)(F)C(=O)OC1(C)CC2CC(C2(C)C)C12SCC(CO)S2. The summed E-state index contributed by atoms with van der Waals surface area (Å²) < 4.78 is 156. The lowest BCUT2D eigenvalue weighted by Crippen LogP contribution is -2.77. The fraction of sp³-hybridized carbons (Fsp3) is 0.943. The minimum Gasteiger partial charge on any atom is -0.457 e. The van der Waals surface area contributed by atoms with Gasteiger partial charge in [0.2, 0.25) is 28.5 Å². The molecule has 9 N–H and O–H groups in total. The van der Waals surface area contributed by atoms with Gasteiger partial charge in [-0.25, -0.2) is 46.3 Å². The summed E-state index contributed by atoms with van der Waals surface area (Å²) in [7, 11) is 0. The first-order chi connectivity index (χ1) is 68.2. The summed E-state index contributed by atoms with van der Waals surface area (Å²) in [6, 6.07) is 0. The van der Waals surface area contributed by atoms with Crippen molar-refractivity contribution in [3.05, 3.63) is 0 Å². The van der Waals surface area contributed by atoms with Gasteiger partial charge in [0.15, 0.2) is 5.60 Å². The van der Waals surface area contributed by atoms with Gasteiger partial charge in [0.05, 0.1) is 94.4 Å². The van der Waals surface area contributed by atoms with Crippen molar-refractivity contribution in [1.29, 1.82) is 0 Å². The Hall–Kier alpha value is -0.680. The molecule has 18 atom stereocenters. The van der Waals surface area contributed by atoms with Gasteiger partial charge in [0.1, 0.15) is 32.1 Å². The van der Waals surface area contributed by atoms with Crippen molar-refractivity contribution < 1.29 is 148 Å². The summed E-state index contributed by atoms with van der Waals surface area (Å²) >= 11 is 18.9. The summed E-state index contributed by atoms with van der Waals surface area (Å²) in [5.74, 6) is -1.47. The molecule has 0 aromatic rings. The van der Waals surface area contributed by atoms with Gasteiger partial charge in [-0.15, -0.1) is 118 Å². The number of carbonyl (C=O) groups is 6. The van der Waals surface area contributed by atoms with Crippen LogP contribution in [0, 0.1) is 122 Å². The highest BCUT2D eigenvalue weighted by Crippen LogP contribution is 2.80. The Labute approximate surface area is 904 Å². The highest BCUT2D eigenvalue weighted by atomic mass is 32.2. The van der Waals surface area contributed by atoms with E-state index in [9.17, 15) is 110 Å². The number of rotatable bonds is 21. The van der Waals surface area contributed by atoms with E-state index >= 15 is 0 Å². The Morgan fingerprint density at radius 1 is 0.293 bits per heavy atom. The molecule has 147 heavy (non-hydrogen) atoms. The third kappa shape index (κ3) is 21.1.